The second-order valence-electron chi connectivity index (χ2n) is 7.44. The molecule has 0 fully saturated rings. The fourth-order valence-electron chi connectivity index (χ4n) is 2.66. The van der Waals surface area contributed by atoms with Gasteiger partial charge in [0.15, 0.2) is 6.61 Å². The Morgan fingerprint density at radius 1 is 1.04 bits per heavy atom. The molecule has 6 nitrogen and oxygen atoms in total. The van der Waals surface area contributed by atoms with Gasteiger partial charge in [-0.05, 0) is 35.2 Å². The lowest BCUT2D eigenvalue weighted by Crippen LogP contribution is -2.23. The maximum Gasteiger partial charge on any atom is 0.351 e. The number of para-hydroxylation sites is 1. The second kappa shape index (κ2) is 7.68. The van der Waals surface area contributed by atoms with Crippen LogP contribution in [0.1, 0.15) is 36.7 Å². The van der Waals surface area contributed by atoms with Gasteiger partial charge in [0.2, 0.25) is 0 Å². The number of esters is 1. The summed E-state index contributed by atoms with van der Waals surface area (Å²) < 4.78 is 10.1. The molecule has 0 aliphatic rings. The maximum absolute atomic E-state index is 12.2. The molecule has 1 aromatic heterocycles. The molecule has 6 heteroatoms. The van der Waals surface area contributed by atoms with Crippen molar-refractivity contribution in [2.45, 2.75) is 26.2 Å². The summed E-state index contributed by atoms with van der Waals surface area (Å²) in [5.74, 6) is -1.40. The summed E-state index contributed by atoms with van der Waals surface area (Å²) in [6, 6.07) is 15.7. The molecule has 2 aromatic carbocycles. The molecule has 0 unspecified atom stereocenters. The molecule has 0 atom stereocenters. The summed E-state index contributed by atoms with van der Waals surface area (Å²) >= 11 is 0. The van der Waals surface area contributed by atoms with Crippen molar-refractivity contribution < 1.29 is 18.7 Å². The Bertz CT molecular complexity index is 1070. The first-order valence-electron chi connectivity index (χ1n) is 8.84. The molecule has 0 spiro atoms. The molecule has 3 aromatic rings. The third-order valence-electron chi connectivity index (χ3n) is 4.23. The Hall–Kier alpha value is -3.41. The van der Waals surface area contributed by atoms with Crippen molar-refractivity contribution in [3.63, 3.8) is 0 Å². The zero-order valence-corrected chi connectivity index (χ0v) is 15.9. The predicted molar refractivity (Wildman–Crippen MR) is 107 cm³/mol. The third-order valence-corrected chi connectivity index (χ3v) is 4.23. The van der Waals surface area contributed by atoms with Gasteiger partial charge in [-0.1, -0.05) is 51.1 Å². The van der Waals surface area contributed by atoms with Gasteiger partial charge in [-0.15, -0.1) is 0 Å². The largest absolute Gasteiger partial charge is 0.452 e. The van der Waals surface area contributed by atoms with Crippen molar-refractivity contribution >= 4 is 28.5 Å². The van der Waals surface area contributed by atoms with Gasteiger partial charge >= 0.3 is 11.6 Å². The van der Waals surface area contributed by atoms with E-state index in [9.17, 15) is 14.4 Å². The van der Waals surface area contributed by atoms with Crippen molar-refractivity contribution in [1.82, 2.24) is 0 Å². The molecule has 1 N–H and O–H groups in total. The smallest absolute Gasteiger partial charge is 0.351 e. The lowest BCUT2D eigenvalue weighted by molar-refractivity contribution is -0.119. The van der Waals surface area contributed by atoms with Crippen LogP contribution in [-0.2, 0) is 14.9 Å². The van der Waals surface area contributed by atoms with Crippen LogP contribution in [0.4, 0.5) is 5.69 Å². The van der Waals surface area contributed by atoms with Gasteiger partial charge in [-0.25, -0.2) is 9.59 Å². The second-order valence-corrected chi connectivity index (χ2v) is 7.44. The van der Waals surface area contributed by atoms with Crippen molar-refractivity contribution in [3.8, 4) is 0 Å². The molecule has 1 heterocycles. The fraction of sp³-hybridized carbons (Fsp3) is 0.227. The summed E-state index contributed by atoms with van der Waals surface area (Å²) in [6.45, 7) is 5.79. The van der Waals surface area contributed by atoms with Gasteiger partial charge in [-0.2, -0.15) is 0 Å². The van der Waals surface area contributed by atoms with Crippen LogP contribution >= 0.6 is 0 Å². The Morgan fingerprint density at radius 2 is 1.71 bits per heavy atom. The zero-order valence-electron chi connectivity index (χ0n) is 15.9. The number of amides is 1. The van der Waals surface area contributed by atoms with Gasteiger partial charge in [0.1, 0.15) is 11.1 Å². The van der Waals surface area contributed by atoms with E-state index < -0.39 is 24.1 Å². The van der Waals surface area contributed by atoms with Crippen LogP contribution < -0.4 is 10.9 Å². The molecule has 0 saturated heterocycles. The molecular formula is C22H21NO5. The van der Waals surface area contributed by atoms with E-state index >= 15 is 0 Å². The van der Waals surface area contributed by atoms with Crippen molar-refractivity contribution in [2.75, 3.05) is 11.9 Å². The van der Waals surface area contributed by atoms with E-state index in [1.807, 2.05) is 12.1 Å². The molecule has 144 valence electrons. The zero-order chi connectivity index (χ0) is 20.3. The van der Waals surface area contributed by atoms with E-state index in [-0.39, 0.29) is 11.0 Å². The number of carbonyl (C=O) groups excluding carboxylic acids is 2. The van der Waals surface area contributed by atoms with Gasteiger partial charge in [0, 0.05) is 11.1 Å². The van der Waals surface area contributed by atoms with Crippen LogP contribution in [0.3, 0.4) is 0 Å². The highest BCUT2D eigenvalue weighted by Gasteiger charge is 2.17. The number of ether oxygens (including phenoxy) is 1. The number of rotatable bonds is 4. The molecule has 3 rings (SSSR count). The summed E-state index contributed by atoms with van der Waals surface area (Å²) in [6.07, 6.45) is 0. The van der Waals surface area contributed by atoms with Gasteiger partial charge in [0.25, 0.3) is 5.91 Å². The Labute approximate surface area is 162 Å². The first kappa shape index (κ1) is 19.4. The number of hydrogen-bond donors (Lipinski definition) is 1. The van der Waals surface area contributed by atoms with Crippen LogP contribution in [0.5, 0.6) is 0 Å². The summed E-state index contributed by atoms with van der Waals surface area (Å²) in [7, 11) is 0. The standard InChI is InChI=1S/C22H21NO5/c1-22(2,3)15-8-10-16(11-9-15)23-19(24)13-27-20(25)17-12-14-6-4-5-7-18(14)28-21(17)26/h4-12H,13H2,1-3H3,(H,23,24). The first-order valence-corrected chi connectivity index (χ1v) is 8.84. The average Bonchev–Trinajstić information content (AvgIpc) is 2.65. The summed E-state index contributed by atoms with van der Waals surface area (Å²) in [5.41, 5.74) is 1.07. The molecule has 0 aliphatic heterocycles. The number of anilines is 1. The number of benzene rings is 2. The summed E-state index contributed by atoms with van der Waals surface area (Å²) in [5, 5.41) is 3.25. The van der Waals surface area contributed by atoms with Gasteiger partial charge < -0.3 is 14.5 Å². The minimum Gasteiger partial charge on any atom is -0.452 e. The van der Waals surface area contributed by atoms with Crippen LogP contribution in [0.15, 0.2) is 63.8 Å². The van der Waals surface area contributed by atoms with E-state index in [2.05, 4.69) is 26.1 Å². The fourth-order valence-corrected chi connectivity index (χ4v) is 2.66. The highest BCUT2D eigenvalue weighted by atomic mass is 16.5. The quantitative estimate of drug-likeness (QED) is 0.549. The van der Waals surface area contributed by atoms with Crippen molar-refractivity contribution in [1.29, 1.82) is 0 Å². The number of carbonyl (C=O) groups is 2. The number of hydrogen-bond acceptors (Lipinski definition) is 5. The molecule has 0 bridgehead atoms. The molecule has 0 radical (unpaired) electrons. The average molecular weight is 379 g/mol. The lowest BCUT2D eigenvalue weighted by Gasteiger charge is -2.19. The number of fused-ring (bicyclic) bond motifs is 1. The highest BCUT2D eigenvalue weighted by molar-refractivity contribution is 5.96. The molecule has 28 heavy (non-hydrogen) atoms. The monoisotopic (exact) mass is 379 g/mol. The minimum atomic E-state index is -0.905. The first-order chi connectivity index (χ1) is 13.2. The van der Waals surface area contributed by atoms with Crippen molar-refractivity contribution in [3.05, 3.63) is 76.1 Å². The predicted octanol–water partition coefficient (Wildman–Crippen LogP) is 3.89. The Morgan fingerprint density at radius 3 is 2.39 bits per heavy atom. The van der Waals surface area contributed by atoms with E-state index in [0.717, 1.165) is 5.56 Å². The Kier molecular flexibility index (Phi) is 5.31. The molecule has 0 saturated carbocycles. The van der Waals surface area contributed by atoms with Crippen LogP contribution in [0.25, 0.3) is 11.0 Å². The van der Waals surface area contributed by atoms with Crippen molar-refractivity contribution in [2.24, 2.45) is 0 Å². The van der Waals surface area contributed by atoms with E-state index in [4.69, 9.17) is 9.15 Å². The van der Waals surface area contributed by atoms with Crippen LogP contribution in [0, 0.1) is 0 Å². The maximum atomic E-state index is 12.2. The van der Waals surface area contributed by atoms with Crippen LogP contribution in [-0.4, -0.2) is 18.5 Å². The topological polar surface area (TPSA) is 85.6 Å². The van der Waals surface area contributed by atoms with E-state index in [1.165, 1.54) is 6.07 Å². The number of nitrogens with one attached hydrogen (secondary N) is 1. The molecule has 0 aliphatic carbocycles. The molecular weight excluding hydrogens is 358 g/mol. The normalized spacial score (nSPS) is 11.2. The molecule has 1 amide bonds. The van der Waals surface area contributed by atoms with E-state index in [1.54, 1.807) is 36.4 Å². The van der Waals surface area contributed by atoms with Gasteiger partial charge in [0.05, 0.1) is 0 Å². The Balaban J connectivity index is 1.62. The minimum absolute atomic E-state index is 0.0129. The van der Waals surface area contributed by atoms with E-state index in [0.29, 0.717) is 16.7 Å². The third kappa shape index (κ3) is 4.46. The summed E-state index contributed by atoms with van der Waals surface area (Å²) in [4.78, 5) is 36.2. The highest BCUT2D eigenvalue weighted by Crippen LogP contribution is 2.23. The van der Waals surface area contributed by atoms with Gasteiger partial charge in [-0.3, -0.25) is 4.79 Å². The van der Waals surface area contributed by atoms with Crippen LogP contribution in [0.2, 0.25) is 0 Å². The lowest BCUT2D eigenvalue weighted by atomic mass is 9.87. The SMILES string of the molecule is CC(C)(C)c1ccc(NC(=O)COC(=O)c2cc3ccccc3oc2=O)cc1.